The van der Waals surface area contributed by atoms with Gasteiger partial charge >= 0.3 is 0 Å². The van der Waals surface area contributed by atoms with Gasteiger partial charge in [0.15, 0.2) is 0 Å². The zero-order valence-corrected chi connectivity index (χ0v) is 6.62. The molecule has 11 heavy (non-hydrogen) atoms. The van der Waals surface area contributed by atoms with Crippen LogP contribution in [0.3, 0.4) is 0 Å². The summed E-state index contributed by atoms with van der Waals surface area (Å²) in [5.41, 5.74) is 0. The van der Waals surface area contributed by atoms with E-state index < -0.39 is 0 Å². The summed E-state index contributed by atoms with van der Waals surface area (Å²) < 4.78 is 1.86. The normalized spacial score (nSPS) is 24.3. The second kappa shape index (κ2) is 2.62. The Morgan fingerprint density at radius 2 is 2.64 bits per heavy atom. The second-order valence-electron chi connectivity index (χ2n) is 2.93. The molecule has 0 bridgehead atoms. The first-order valence-electron chi connectivity index (χ1n) is 3.92. The number of hydrogen-bond acceptors (Lipinski definition) is 3. The van der Waals surface area contributed by atoms with Gasteiger partial charge in [0.25, 0.3) is 0 Å². The molecule has 1 aromatic heterocycles. The number of hydrogen-bond donors (Lipinski definition) is 1. The van der Waals surface area contributed by atoms with E-state index in [1.54, 1.807) is 6.33 Å². The van der Waals surface area contributed by atoms with Gasteiger partial charge < -0.3 is 5.32 Å². The minimum atomic E-state index is 0.572. The predicted molar refractivity (Wildman–Crippen MR) is 41.2 cm³/mol. The molecule has 60 valence electrons. The second-order valence-corrected chi connectivity index (χ2v) is 2.93. The summed E-state index contributed by atoms with van der Waals surface area (Å²) in [6.07, 6.45) is 2.81. The van der Waals surface area contributed by atoms with Crippen molar-refractivity contribution in [3.63, 3.8) is 0 Å². The molecule has 1 fully saturated rings. The molecule has 1 atom stereocenters. The van der Waals surface area contributed by atoms with Crippen LogP contribution in [0.5, 0.6) is 0 Å². The van der Waals surface area contributed by atoms with E-state index in [2.05, 4.69) is 15.4 Å². The van der Waals surface area contributed by atoms with E-state index in [1.807, 2.05) is 11.7 Å². The van der Waals surface area contributed by atoms with Crippen LogP contribution in [0.15, 0.2) is 6.33 Å². The number of rotatable bonds is 1. The van der Waals surface area contributed by atoms with Gasteiger partial charge in [-0.3, -0.25) is 4.68 Å². The zero-order valence-electron chi connectivity index (χ0n) is 6.62. The fourth-order valence-corrected chi connectivity index (χ4v) is 1.55. The molecule has 0 radical (unpaired) electrons. The van der Waals surface area contributed by atoms with Crippen molar-refractivity contribution >= 4 is 0 Å². The molecule has 4 heteroatoms. The molecule has 0 spiro atoms. The molecule has 1 aliphatic heterocycles. The Kier molecular flexibility index (Phi) is 1.62. The van der Waals surface area contributed by atoms with Crippen LogP contribution in [0.1, 0.15) is 18.2 Å². The minimum absolute atomic E-state index is 0.572. The van der Waals surface area contributed by atoms with Gasteiger partial charge in [-0.25, -0.2) is 4.98 Å². The Balaban J connectivity index is 2.21. The number of nitrogens with zero attached hydrogens (tertiary/aromatic N) is 3. The molecule has 1 saturated heterocycles. The lowest BCUT2D eigenvalue weighted by Crippen LogP contribution is -2.11. The van der Waals surface area contributed by atoms with Crippen LogP contribution in [0.2, 0.25) is 0 Å². The van der Waals surface area contributed by atoms with Crippen molar-refractivity contribution in [3.05, 3.63) is 12.2 Å². The molecule has 2 heterocycles. The van der Waals surface area contributed by atoms with Crippen molar-refractivity contribution in [1.82, 2.24) is 20.1 Å². The van der Waals surface area contributed by atoms with E-state index in [0.717, 1.165) is 18.9 Å². The van der Waals surface area contributed by atoms with Gasteiger partial charge in [-0.15, -0.1) is 0 Å². The highest BCUT2D eigenvalue weighted by Gasteiger charge is 2.20. The SMILES string of the molecule is Cn1ncnc1C1CCNC1. The van der Waals surface area contributed by atoms with E-state index in [1.165, 1.54) is 6.42 Å². The Bertz CT molecular complexity index is 236. The van der Waals surface area contributed by atoms with Crippen LogP contribution in [0.4, 0.5) is 0 Å². The minimum Gasteiger partial charge on any atom is -0.316 e. The van der Waals surface area contributed by atoms with Gasteiger partial charge in [0.05, 0.1) is 0 Å². The third-order valence-electron chi connectivity index (χ3n) is 2.17. The third kappa shape index (κ3) is 1.14. The van der Waals surface area contributed by atoms with Crippen molar-refractivity contribution in [2.75, 3.05) is 13.1 Å². The Morgan fingerprint density at radius 3 is 3.18 bits per heavy atom. The maximum Gasteiger partial charge on any atom is 0.138 e. The predicted octanol–water partition coefficient (Wildman–Crippen LogP) is -0.108. The van der Waals surface area contributed by atoms with Crippen LogP contribution in [-0.4, -0.2) is 27.9 Å². The van der Waals surface area contributed by atoms with E-state index in [-0.39, 0.29) is 0 Å². The summed E-state index contributed by atoms with van der Waals surface area (Å²) in [6, 6.07) is 0. The molecule has 1 aliphatic rings. The molecule has 4 nitrogen and oxygen atoms in total. The topological polar surface area (TPSA) is 42.7 Å². The van der Waals surface area contributed by atoms with Crippen molar-refractivity contribution < 1.29 is 0 Å². The van der Waals surface area contributed by atoms with Gasteiger partial charge in [-0.2, -0.15) is 5.10 Å². The molecule has 0 aromatic carbocycles. The summed E-state index contributed by atoms with van der Waals surface area (Å²) in [5.74, 6) is 1.68. The Labute approximate surface area is 65.6 Å². The number of aryl methyl sites for hydroxylation is 1. The lowest BCUT2D eigenvalue weighted by molar-refractivity contribution is 0.622. The summed E-state index contributed by atoms with van der Waals surface area (Å²) in [7, 11) is 1.95. The Morgan fingerprint density at radius 1 is 1.73 bits per heavy atom. The van der Waals surface area contributed by atoms with Crippen LogP contribution < -0.4 is 5.32 Å². The molecule has 0 aliphatic carbocycles. The van der Waals surface area contributed by atoms with E-state index in [0.29, 0.717) is 5.92 Å². The van der Waals surface area contributed by atoms with Crippen LogP contribution >= 0.6 is 0 Å². The van der Waals surface area contributed by atoms with E-state index in [4.69, 9.17) is 0 Å². The summed E-state index contributed by atoms with van der Waals surface area (Å²) in [4.78, 5) is 4.21. The first kappa shape index (κ1) is 6.79. The molecule has 1 unspecified atom stereocenters. The van der Waals surface area contributed by atoms with Crippen LogP contribution in [0.25, 0.3) is 0 Å². The van der Waals surface area contributed by atoms with Crippen molar-refractivity contribution in [2.24, 2.45) is 7.05 Å². The Hall–Kier alpha value is -0.900. The largest absolute Gasteiger partial charge is 0.316 e. The van der Waals surface area contributed by atoms with Crippen LogP contribution in [-0.2, 0) is 7.05 Å². The third-order valence-corrected chi connectivity index (χ3v) is 2.17. The van der Waals surface area contributed by atoms with Gasteiger partial charge in [0.1, 0.15) is 12.2 Å². The monoisotopic (exact) mass is 152 g/mol. The van der Waals surface area contributed by atoms with E-state index in [9.17, 15) is 0 Å². The molecule has 1 N–H and O–H groups in total. The van der Waals surface area contributed by atoms with Crippen molar-refractivity contribution in [3.8, 4) is 0 Å². The maximum atomic E-state index is 4.21. The summed E-state index contributed by atoms with van der Waals surface area (Å²) in [6.45, 7) is 2.16. The summed E-state index contributed by atoms with van der Waals surface area (Å²) >= 11 is 0. The first-order valence-corrected chi connectivity index (χ1v) is 3.92. The summed E-state index contributed by atoms with van der Waals surface area (Å²) in [5, 5.41) is 7.35. The van der Waals surface area contributed by atoms with Gasteiger partial charge in [-0.05, 0) is 13.0 Å². The van der Waals surface area contributed by atoms with Gasteiger partial charge in [0.2, 0.25) is 0 Å². The number of aromatic nitrogens is 3. The molecular formula is C7H12N4. The average molecular weight is 152 g/mol. The van der Waals surface area contributed by atoms with E-state index >= 15 is 0 Å². The van der Waals surface area contributed by atoms with Gasteiger partial charge in [0, 0.05) is 19.5 Å². The van der Waals surface area contributed by atoms with Crippen molar-refractivity contribution in [1.29, 1.82) is 0 Å². The quantitative estimate of drug-likeness (QED) is 0.610. The highest BCUT2D eigenvalue weighted by molar-refractivity contribution is 4.99. The highest BCUT2D eigenvalue weighted by atomic mass is 15.3. The molecule has 0 saturated carbocycles. The standard InChI is InChI=1S/C7H12N4/c1-11-7(9-5-10-11)6-2-3-8-4-6/h5-6,8H,2-4H2,1H3. The highest BCUT2D eigenvalue weighted by Crippen LogP contribution is 2.18. The molecular weight excluding hydrogens is 140 g/mol. The lowest BCUT2D eigenvalue weighted by Gasteiger charge is -2.05. The van der Waals surface area contributed by atoms with Crippen molar-refractivity contribution in [2.45, 2.75) is 12.3 Å². The molecule has 2 rings (SSSR count). The molecule has 0 amide bonds. The first-order chi connectivity index (χ1) is 5.38. The number of nitrogens with one attached hydrogen (secondary N) is 1. The average Bonchev–Trinajstić information content (AvgIpc) is 2.55. The van der Waals surface area contributed by atoms with Gasteiger partial charge in [-0.1, -0.05) is 0 Å². The lowest BCUT2D eigenvalue weighted by atomic mass is 10.1. The smallest absolute Gasteiger partial charge is 0.138 e. The fourth-order valence-electron chi connectivity index (χ4n) is 1.55. The zero-order chi connectivity index (χ0) is 7.68. The maximum absolute atomic E-state index is 4.21. The molecule has 1 aromatic rings. The fraction of sp³-hybridized carbons (Fsp3) is 0.714. The van der Waals surface area contributed by atoms with Crippen LogP contribution in [0, 0.1) is 0 Å².